The fraction of sp³-hybridized carbons (Fsp3) is 0.600. The molecular weight excluding hydrogens is 240 g/mol. The standard InChI is InChI=1S/C15H24N2O2/c1-11(2)19-14-5-3-4-13(15(14)16)17-8-6-12(10-18)7-9-17/h3-5,11-12,18H,6-10,16H2,1-2H3. The van der Waals surface area contributed by atoms with Crippen LogP contribution in [-0.2, 0) is 0 Å². The fourth-order valence-electron chi connectivity index (χ4n) is 2.52. The van der Waals surface area contributed by atoms with Gasteiger partial charge in [0.2, 0.25) is 0 Å². The zero-order valence-electron chi connectivity index (χ0n) is 11.8. The molecule has 0 amide bonds. The van der Waals surface area contributed by atoms with Crippen LogP contribution in [-0.4, -0.2) is 30.9 Å². The molecule has 1 aliphatic rings. The van der Waals surface area contributed by atoms with Gasteiger partial charge in [-0.2, -0.15) is 0 Å². The van der Waals surface area contributed by atoms with E-state index in [1.807, 2.05) is 32.0 Å². The summed E-state index contributed by atoms with van der Waals surface area (Å²) in [7, 11) is 0. The van der Waals surface area contributed by atoms with Gasteiger partial charge < -0.3 is 20.5 Å². The van der Waals surface area contributed by atoms with E-state index in [2.05, 4.69) is 4.90 Å². The van der Waals surface area contributed by atoms with Crippen molar-refractivity contribution < 1.29 is 9.84 Å². The Morgan fingerprint density at radius 1 is 1.37 bits per heavy atom. The van der Waals surface area contributed by atoms with Crippen LogP contribution in [0.3, 0.4) is 0 Å². The maximum absolute atomic E-state index is 9.18. The molecule has 0 aromatic heterocycles. The monoisotopic (exact) mass is 264 g/mol. The highest BCUT2D eigenvalue weighted by Gasteiger charge is 2.21. The minimum Gasteiger partial charge on any atom is -0.489 e. The maximum atomic E-state index is 9.18. The van der Waals surface area contributed by atoms with Crippen molar-refractivity contribution in [2.75, 3.05) is 30.3 Å². The quantitative estimate of drug-likeness (QED) is 0.819. The van der Waals surface area contributed by atoms with Gasteiger partial charge in [-0.1, -0.05) is 6.07 Å². The molecule has 106 valence electrons. The molecule has 0 spiro atoms. The summed E-state index contributed by atoms with van der Waals surface area (Å²) in [5.74, 6) is 1.20. The summed E-state index contributed by atoms with van der Waals surface area (Å²) in [6.45, 7) is 6.18. The molecule has 4 heteroatoms. The van der Waals surface area contributed by atoms with Crippen LogP contribution in [0.25, 0.3) is 0 Å². The Hall–Kier alpha value is -1.42. The van der Waals surface area contributed by atoms with E-state index in [-0.39, 0.29) is 6.10 Å². The van der Waals surface area contributed by atoms with Crippen LogP contribution in [0.1, 0.15) is 26.7 Å². The highest BCUT2D eigenvalue weighted by molar-refractivity contribution is 5.74. The lowest BCUT2D eigenvalue weighted by Gasteiger charge is -2.34. The van der Waals surface area contributed by atoms with Crippen molar-refractivity contribution in [2.24, 2.45) is 5.92 Å². The van der Waals surface area contributed by atoms with Crippen LogP contribution >= 0.6 is 0 Å². The van der Waals surface area contributed by atoms with Crippen LogP contribution in [0.15, 0.2) is 18.2 Å². The maximum Gasteiger partial charge on any atom is 0.144 e. The number of para-hydroxylation sites is 1. The minimum atomic E-state index is 0.123. The summed E-state index contributed by atoms with van der Waals surface area (Å²) in [6, 6.07) is 5.95. The number of aliphatic hydroxyl groups is 1. The first kappa shape index (κ1) is 14.0. The predicted molar refractivity (Wildman–Crippen MR) is 78.6 cm³/mol. The SMILES string of the molecule is CC(C)Oc1cccc(N2CCC(CO)CC2)c1N. The molecule has 1 aromatic carbocycles. The van der Waals surface area contributed by atoms with Crippen LogP contribution in [0.5, 0.6) is 5.75 Å². The minimum absolute atomic E-state index is 0.123. The highest BCUT2D eigenvalue weighted by Crippen LogP contribution is 2.34. The van der Waals surface area contributed by atoms with E-state index in [1.54, 1.807) is 0 Å². The second kappa shape index (κ2) is 6.15. The van der Waals surface area contributed by atoms with E-state index in [0.29, 0.717) is 12.5 Å². The van der Waals surface area contributed by atoms with Crippen LogP contribution in [0.4, 0.5) is 11.4 Å². The fourth-order valence-corrected chi connectivity index (χ4v) is 2.52. The molecule has 1 heterocycles. The van der Waals surface area contributed by atoms with Crippen molar-refractivity contribution in [3.63, 3.8) is 0 Å². The number of ether oxygens (including phenoxy) is 1. The summed E-state index contributed by atoms with van der Waals surface area (Å²) in [5, 5.41) is 9.18. The number of aliphatic hydroxyl groups excluding tert-OH is 1. The third-order valence-corrected chi connectivity index (χ3v) is 3.62. The van der Waals surface area contributed by atoms with Gasteiger partial charge in [-0.25, -0.2) is 0 Å². The topological polar surface area (TPSA) is 58.7 Å². The van der Waals surface area contributed by atoms with Crippen molar-refractivity contribution in [2.45, 2.75) is 32.8 Å². The van der Waals surface area contributed by atoms with Gasteiger partial charge >= 0.3 is 0 Å². The second-order valence-electron chi connectivity index (χ2n) is 5.47. The molecule has 1 aromatic rings. The van der Waals surface area contributed by atoms with Crippen molar-refractivity contribution in [3.8, 4) is 5.75 Å². The van der Waals surface area contributed by atoms with Crippen LogP contribution in [0.2, 0.25) is 0 Å². The van der Waals surface area contributed by atoms with Gasteiger partial charge in [0.05, 0.1) is 17.5 Å². The van der Waals surface area contributed by atoms with Gasteiger partial charge in [0.25, 0.3) is 0 Å². The molecule has 0 unspecified atom stereocenters. The zero-order valence-corrected chi connectivity index (χ0v) is 11.8. The normalized spacial score (nSPS) is 16.9. The first-order chi connectivity index (χ1) is 9.11. The molecule has 0 atom stereocenters. The Morgan fingerprint density at radius 3 is 2.63 bits per heavy atom. The van der Waals surface area contributed by atoms with Crippen LogP contribution < -0.4 is 15.4 Å². The van der Waals surface area contributed by atoms with E-state index < -0.39 is 0 Å². The molecule has 1 saturated heterocycles. The number of piperidine rings is 1. The molecule has 2 rings (SSSR count). The van der Waals surface area contributed by atoms with Gasteiger partial charge in [0.15, 0.2) is 0 Å². The molecule has 0 radical (unpaired) electrons. The van der Waals surface area contributed by atoms with Crippen molar-refractivity contribution in [3.05, 3.63) is 18.2 Å². The Balaban J connectivity index is 2.12. The number of rotatable bonds is 4. The first-order valence-electron chi connectivity index (χ1n) is 7.02. The lowest BCUT2D eigenvalue weighted by molar-refractivity contribution is 0.203. The molecule has 4 nitrogen and oxygen atoms in total. The van der Waals surface area contributed by atoms with E-state index in [4.69, 9.17) is 10.5 Å². The summed E-state index contributed by atoms with van der Waals surface area (Å²) < 4.78 is 5.73. The molecule has 3 N–H and O–H groups in total. The van der Waals surface area contributed by atoms with E-state index >= 15 is 0 Å². The van der Waals surface area contributed by atoms with Gasteiger partial charge in [0, 0.05) is 19.7 Å². The summed E-state index contributed by atoms with van der Waals surface area (Å²) in [5.41, 5.74) is 7.99. The average Bonchev–Trinajstić information content (AvgIpc) is 2.41. The number of nitrogen functional groups attached to an aromatic ring is 1. The molecule has 0 saturated carbocycles. The molecule has 19 heavy (non-hydrogen) atoms. The van der Waals surface area contributed by atoms with E-state index in [0.717, 1.165) is 43.1 Å². The van der Waals surface area contributed by atoms with E-state index in [1.165, 1.54) is 0 Å². The molecule has 0 bridgehead atoms. The van der Waals surface area contributed by atoms with Gasteiger partial charge in [-0.3, -0.25) is 0 Å². The smallest absolute Gasteiger partial charge is 0.144 e. The van der Waals surface area contributed by atoms with Gasteiger partial charge in [-0.15, -0.1) is 0 Å². The highest BCUT2D eigenvalue weighted by atomic mass is 16.5. The lowest BCUT2D eigenvalue weighted by Crippen LogP contribution is -2.35. The number of benzene rings is 1. The van der Waals surface area contributed by atoms with Crippen LogP contribution in [0, 0.1) is 5.92 Å². The van der Waals surface area contributed by atoms with Gasteiger partial charge in [-0.05, 0) is 44.7 Å². The summed E-state index contributed by atoms with van der Waals surface area (Å²) >= 11 is 0. The zero-order chi connectivity index (χ0) is 13.8. The summed E-state index contributed by atoms with van der Waals surface area (Å²) in [4.78, 5) is 2.29. The Bertz CT molecular complexity index is 413. The largest absolute Gasteiger partial charge is 0.489 e. The third kappa shape index (κ3) is 3.32. The van der Waals surface area contributed by atoms with Gasteiger partial charge in [0.1, 0.15) is 5.75 Å². The van der Waals surface area contributed by atoms with Crippen molar-refractivity contribution >= 4 is 11.4 Å². The molecule has 1 aliphatic heterocycles. The van der Waals surface area contributed by atoms with Crippen molar-refractivity contribution in [1.29, 1.82) is 0 Å². The molecule has 0 aliphatic carbocycles. The predicted octanol–water partition coefficient (Wildman–Crippen LogP) is 2.26. The average molecular weight is 264 g/mol. The Kier molecular flexibility index (Phi) is 4.53. The number of nitrogens with zero attached hydrogens (tertiary/aromatic N) is 1. The molecule has 1 fully saturated rings. The Morgan fingerprint density at radius 2 is 2.05 bits per heavy atom. The number of nitrogens with two attached hydrogens (primary N) is 1. The number of hydrogen-bond donors (Lipinski definition) is 2. The first-order valence-corrected chi connectivity index (χ1v) is 7.02. The number of hydrogen-bond acceptors (Lipinski definition) is 4. The van der Waals surface area contributed by atoms with Crippen molar-refractivity contribution in [1.82, 2.24) is 0 Å². The van der Waals surface area contributed by atoms with E-state index in [9.17, 15) is 5.11 Å². The summed E-state index contributed by atoms with van der Waals surface area (Å²) in [6.07, 6.45) is 2.16. The number of anilines is 2. The Labute approximate surface area is 115 Å². The second-order valence-corrected chi connectivity index (χ2v) is 5.47. The molecular formula is C15H24N2O2. The third-order valence-electron chi connectivity index (χ3n) is 3.62. The lowest BCUT2D eigenvalue weighted by atomic mass is 9.97.